The highest BCUT2D eigenvalue weighted by atomic mass is 16.5. The van der Waals surface area contributed by atoms with Crippen LogP contribution in [0, 0.1) is 13.8 Å². The summed E-state index contributed by atoms with van der Waals surface area (Å²) in [6, 6.07) is 3.64. The molecule has 1 heterocycles. The first kappa shape index (κ1) is 13.7. The average molecular weight is 261 g/mol. The molecule has 19 heavy (non-hydrogen) atoms. The predicted octanol–water partition coefficient (Wildman–Crippen LogP) is 2.26. The van der Waals surface area contributed by atoms with Gasteiger partial charge in [0.15, 0.2) is 0 Å². The summed E-state index contributed by atoms with van der Waals surface area (Å²) in [6.45, 7) is 7.68. The Hall–Kier alpha value is -1.68. The van der Waals surface area contributed by atoms with Crippen LogP contribution in [0.4, 0.5) is 5.69 Å². The van der Waals surface area contributed by atoms with Crippen LogP contribution in [0.3, 0.4) is 0 Å². The number of aryl methyl sites for hydroxylation is 1. The van der Waals surface area contributed by atoms with Crippen LogP contribution < -0.4 is 4.90 Å². The van der Waals surface area contributed by atoms with Crippen LogP contribution >= 0.6 is 0 Å². The molecular weight excluding hydrogens is 242 g/mol. The molecular formula is C15H19NO3. The lowest BCUT2D eigenvalue weighted by Crippen LogP contribution is -2.31. The third kappa shape index (κ3) is 2.40. The number of ketones is 1. The Morgan fingerprint density at radius 2 is 1.95 bits per heavy atom. The molecule has 0 fully saturated rings. The fraction of sp³-hybridized carbons (Fsp3) is 0.467. The number of benzene rings is 1. The van der Waals surface area contributed by atoms with Gasteiger partial charge in [0.25, 0.3) is 11.7 Å². The van der Waals surface area contributed by atoms with Gasteiger partial charge in [0.05, 0.1) is 11.3 Å². The van der Waals surface area contributed by atoms with Crippen LogP contribution in [0.5, 0.6) is 0 Å². The molecule has 0 atom stereocenters. The van der Waals surface area contributed by atoms with Gasteiger partial charge < -0.3 is 9.64 Å². The number of rotatable bonds is 5. The fourth-order valence-electron chi connectivity index (χ4n) is 2.35. The number of hydrogen-bond acceptors (Lipinski definition) is 3. The van der Waals surface area contributed by atoms with Crippen molar-refractivity contribution >= 4 is 17.4 Å². The number of fused-ring (bicyclic) bond motifs is 1. The minimum atomic E-state index is -0.416. The van der Waals surface area contributed by atoms with E-state index in [1.165, 1.54) is 0 Å². The van der Waals surface area contributed by atoms with Gasteiger partial charge in [-0.15, -0.1) is 0 Å². The van der Waals surface area contributed by atoms with Gasteiger partial charge in [-0.1, -0.05) is 6.07 Å². The van der Waals surface area contributed by atoms with Gasteiger partial charge in [-0.25, -0.2) is 0 Å². The van der Waals surface area contributed by atoms with Crippen LogP contribution in [0.1, 0.15) is 34.8 Å². The molecule has 1 aromatic rings. The van der Waals surface area contributed by atoms with E-state index in [0.717, 1.165) is 23.2 Å². The monoisotopic (exact) mass is 261 g/mol. The van der Waals surface area contributed by atoms with E-state index < -0.39 is 11.7 Å². The molecule has 0 N–H and O–H groups in total. The fourth-order valence-corrected chi connectivity index (χ4v) is 2.35. The van der Waals surface area contributed by atoms with E-state index in [1.807, 2.05) is 26.8 Å². The molecule has 4 heteroatoms. The largest absolute Gasteiger partial charge is 0.382 e. The summed E-state index contributed by atoms with van der Waals surface area (Å²) in [7, 11) is 0. The molecule has 1 amide bonds. The Morgan fingerprint density at radius 3 is 2.63 bits per heavy atom. The Morgan fingerprint density at radius 1 is 1.21 bits per heavy atom. The zero-order valence-electron chi connectivity index (χ0n) is 11.7. The SMILES string of the molecule is CCOCCCN1C(=O)C(=O)c2ccc(C)c(C)c21. The molecule has 1 aliphatic rings. The van der Waals surface area contributed by atoms with Crippen molar-refractivity contribution < 1.29 is 14.3 Å². The molecule has 2 rings (SSSR count). The summed E-state index contributed by atoms with van der Waals surface area (Å²) in [5, 5.41) is 0. The van der Waals surface area contributed by atoms with E-state index in [-0.39, 0.29) is 0 Å². The van der Waals surface area contributed by atoms with Gasteiger partial charge in [0.2, 0.25) is 0 Å². The van der Waals surface area contributed by atoms with Crippen LogP contribution in [-0.2, 0) is 9.53 Å². The zero-order valence-corrected chi connectivity index (χ0v) is 11.7. The van der Waals surface area contributed by atoms with Crippen molar-refractivity contribution in [3.63, 3.8) is 0 Å². The molecule has 0 aliphatic carbocycles. The van der Waals surface area contributed by atoms with E-state index in [9.17, 15) is 9.59 Å². The smallest absolute Gasteiger partial charge is 0.299 e. The molecule has 0 radical (unpaired) electrons. The topological polar surface area (TPSA) is 46.6 Å². The van der Waals surface area contributed by atoms with E-state index in [0.29, 0.717) is 25.3 Å². The molecule has 102 valence electrons. The number of anilines is 1. The number of ether oxygens (including phenoxy) is 1. The van der Waals surface area contributed by atoms with Gasteiger partial charge >= 0.3 is 0 Å². The molecule has 1 aromatic carbocycles. The van der Waals surface area contributed by atoms with E-state index in [4.69, 9.17) is 4.74 Å². The third-order valence-electron chi connectivity index (χ3n) is 3.53. The van der Waals surface area contributed by atoms with E-state index in [2.05, 4.69) is 0 Å². The van der Waals surface area contributed by atoms with Crippen molar-refractivity contribution in [1.29, 1.82) is 0 Å². The number of hydrogen-bond donors (Lipinski definition) is 0. The Kier molecular flexibility index (Phi) is 4.00. The average Bonchev–Trinajstić information content (AvgIpc) is 2.64. The van der Waals surface area contributed by atoms with Crippen LogP contribution in [0.25, 0.3) is 0 Å². The highest BCUT2D eigenvalue weighted by Gasteiger charge is 2.36. The zero-order chi connectivity index (χ0) is 14.0. The van der Waals surface area contributed by atoms with Crippen LogP contribution in [0.2, 0.25) is 0 Å². The lowest BCUT2D eigenvalue weighted by Gasteiger charge is -2.19. The molecule has 0 aromatic heterocycles. The lowest BCUT2D eigenvalue weighted by molar-refractivity contribution is -0.114. The van der Waals surface area contributed by atoms with Crippen molar-refractivity contribution in [2.24, 2.45) is 0 Å². The van der Waals surface area contributed by atoms with E-state index >= 15 is 0 Å². The Balaban J connectivity index is 2.25. The lowest BCUT2D eigenvalue weighted by atomic mass is 10.0. The summed E-state index contributed by atoms with van der Waals surface area (Å²) in [4.78, 5) is 25.6. The number of carbonyl (C=O) groups is 2. The van der Waals surface area contributed by atoms with Gasteiger partial charge in [-0.2, -0.15) is 0 Å². The van der Waals surface area contributed by atoms with Gasteiger partial charge in [0, 0.05) is 19.8 Å². The summed E-state index contributed by atoms with van der Waals surface area (Å²) in [6.07, 6.45) is 0.736. The Labute approximate surface area is 113 Å². The maximum absolute atomic E-state index is 12.0. The second-order valence-electron chi connectivity index (χ2n) is 4.74. The first-order chi connectivity index (χ1) is 9.07. The first-order valence-corrected chi connectivity index (χ1v) is 6.62. The molecule has 0 saturated carbocycles. The highest BCUT2D eigenvalue weighted by Crippen LogP contribution is 2.34. The predicted molar refractivity (Wildman–Crippen MR) is 73.7 cm³/mol. The van der Waals surface area contributed by atoms with Crippen molar-refractivity contribution in [2.75, 3.05) is 24.7 Å². The minimum Gasteiger partial charge on any atom is -0.382 e. The third-order valence-corrected chi connectivity index (χ3v) is 3.53. The minimum absolute atomic E-state index is 0.394. The molecule has 1 aliphatic heterocycles. The number of nitrogens with zero attached hydrogens (tertiary/aromatic N) is 1. The summed E-state index contributed by atoms with van der Waals surface area (Å²) < 4.78 is 5.27. The van der Waals surface area contributed by atoms with Crippen molar-refractivity contribution in [3.05, 3.63) is 28.8 Å². The maximum atomic E-state index is 12.0. The molecule has 0 saturated heterocycles. The van der Waals surface area contributed by atoms with Crippen molar-refractivity contribution in [2.45, 2.75) is 27.2 Å². The molecule has 0 unspecified atom stereocenters. The molecule has 0 spiro atoms. The first-order valence-electron chi connectivity index (χ1n) is 6.62. The van der Waals surface area contributed by atoms with Gasteiger partial charge in [-0.3, -0.25) is 9.59 Å². The number of amides is 1. The second-order valence-corrected chi connectivity index (χ2v) is 4.74. The summed E-state index contributed by atoms with van der Waals surface area (Å²) >= 11 is 0. The van der Waals surface area contributed by atoms with Crippen molar-refractivity contribution in [1.82, 2.24) is 0 Å². The van der Waals surface area contributed by atoms with Gasteiger partial charge in [0.1, 0.15) is 0 Å². The molecule has 0 bridgehead atoms. The Bertz CT molecular complexity index is 522. The highest BCUT2D eigenvalue weighted by molar-refractivity contribution is 6.52. The molecule has 4 nitrogen and oxygen atoms in total. The normalized spacial score (nSPS) is 14.2. The quantitative estimate of drug-likeness (QED) is 0.603. The van der Waals surface area contributed by atoms with Crippen LogP contribution in [-0.4, -0.2) is 31.4 Å². The van der Waals surface area contributed by atoms with E-state index in [1.54, 1.807) is 11.0 Å². The summed E-state index contributed by atoms with van der Waals surface area (Å²) in [5.74, 6) is -0.810. The number of carbonyl (C=O) groups excluding carboxylic acids is 2. The maximum Gasteiger partial charge on any atom is 0.299 e. The number of Topliss-reactive ketones (excluding diaryl/α,β-unsaturated/α-hetero) is 1. The second kappa shape index (κ2) is 5.53. The summed E-state index contributed by atoms with van der Waals surface area (Å²) in [5.41, 5.74) is 3.42. The van der Waals surface area contributed by atoms with Gasteiger partial charge in [-0.05, 0) is 44.4 Å². The standard InChI is InChI=1S/C15H19NO3/c1-4-19-9-5-8-16-13-11(3)10(2)6-7-12(13)14(17)15(16)18/h6-7H,4-5,8-9H2,1-3H3. The van der Waals surface area contributed by atoms with Crippen molar-refractivity contribution in [3.8, 4) is 0 Å². The van der Waals surface area contributed by atoms with Crippen LogP contribution in [0.15, 0.2) is 12.1 Å².